The third-order valence-electron chi connectivity index (χ3n) is 6.81. The Kier molecular flexibility index (Phi) is 4.44. The molecule has 27 heavy (non-hydrogen) atoms. The summed E-state index contributed by atoms with van der Waals surface area (Å²) in [5, 5.41) is 3.53. The fraction of sp³-hybridized carbons (Fsp3) is 0.591. The van der Waals surface area contributed by atoms with Crippen molar-refractivity contribution in [3.63, 3.8) is 0 Å². The number of hydrogen-bond donors (Lipinski definition) is 1. The summed E-state index contributed by atoms with van der Waals surface area (Å²) >= 11 is 0. The smallest absolute Gasteiger partial charge is 0.122 e. The van der Waals surface area contributed by atoms with Crippen LogP contribution < -0.4 is 10.1 Å². The van der Waals surface area contributed by atoms with Gasteiger partial charge in [0.1, 0.15) is 11.6 Å². The molecule has 0 amide bonds. The second-order valence-corrected chi connectivity index (χ2v) is 8.41. The zero-order chi connectivity index (χ0) is 18.3. The van der Waals surface area contributed by atoms with E-state index in [0.717, 1.165) is 38.4 Å². The first-order valence-electron chi connectivity index (χ1n) is 10.5. The first-order valence-corrected chi connectivity index (χ1v) is 10.5. The molecular weight excluding hydrogens is 336 g/mol. The van der Waals surface area contributed by atoms with Crippen molar-refractivity contribution in [2.45, 2.75) is 58.3 Å². The standard InChI is InChI=1S/C22H30N4O/c1-2-25-11-10-24-21(25)16-26(20-14-22(20)6-8-23-9-7-22)15-17-3-4-19-18(13-17)5-12-27-19/h3-4,10-11,13,20,23H,2,5-9,12,14-16H2,1H3/t20-/m1/s1. The molecule has 1 N–H and O–H groups in total. The molecule has 2 fully saturated rings. The summed E-state index contributed by atoms with van der Waals surface area (Å²) in [6.07, 6.45) is 9.06. The summed E-state index contributed by atoms with van der Waals surface area (Å²) in [4.78, 5) is 7.35. The Hall–Kier alpha value is -1.85. The molecule has 1 aromatic heterocycles. The Morgan fingerprint density at radius 3 is 3.04 bits per heavy atom. The van der Waals surface area contributed by atoms with Gasteiger partial charge in [-0.15, -0.1) is 0 Å². The summed E-state index contributed by atoms with van der Waals surface area (Å²) < 4.78 is 7.97. The number of hydrogen-bond acceptors (Lipinski definition) is 4. The third-order valence-corrected chi connectivity index (χ3v) is 6.81. The first kappa shape index (κ1) is 17.3. The van der Waals surface area contributed by atoms with Gasteiger partial charge in [0.15, 0.2) is 0 Å². The van der Waals surface area contributed by atoms with Crippen molar-refractivity contribution < 1.29 is 4.74 Å². The molecule has 3 aliphatic rings. The zero-order valence-electron chi connectivity index (χ0n) is 16.3. The van der Waals surface area contributed by atoms with Crippen LogP contribution in [0.15, 0.2) is 30.6 Å². The second-order valence-electron chi connectivity index (χ2n) is 8.41. The van der Waals surface area contributed by atoms with Crippen LogP contribution >= 0.6 is 0 Å². The molecule has 0 bridgehead atoms. The highest BCUT2D eigenvalue weighted by molar-refractivity contribution is 5.39. The number of nitrogens with one attached hydrogen (secondary N) is 1. The minimum Gasteiger partial charge on any atom is -0.493 e. The highest BCUT2D eigenvalue weighted by atomic mass is 16.5. The van der Waals surface area contributed by atoms with Crippen molar-refractivity contribution >= 4 is 0 Å². The van der Waals surface area contributed by atoms with Crippen LogP contribution in [0.5, 0.6) is 5.75 Å². The summed E-state index contributed by atoms with van der Waals surface area (Å²) in [6, 6.07) is 7.46. The molecule has 1 saturated carbocycles. The molecule has 1 aromatic carbocycles. The number of aromatic nitrogens is 2. The lowest BCUT2D eigenvalue weighted by atomic mass is 9.93. The van der Waals surface area contributed by atoms with Gasteiger partial charge >= 0.3 is 0 Å². The van der Waals surface area contributed by atoms with E-state index in [-0.39, 0.29) is 0 Å². The second kappa shape index (κ2) is 6.95. The predicted octanol–water partition coefficient (Wildman–Crippen LogP) is 2.98. The van der Waals surface area contributed by atoms with Crippen LogP contribution in [0.3, 0.4) is 0 Å². The van der Waals surface area contributed by atoms with E-state index in [2.05, 4.69) is 51.1 Å². The Balaban J connectivity index is 1.38. The van der Waals surface area contributed by atoms with Crippen molar-refractivity contribution in [1.82, 2.24) is 19.8 Å². The fourth-order valence-electron chi connectivity index (χ4n) is 5.11. The van der Waals surface area contributed by atoms with E-state index in [0.29, 0.717) is 11.5 Å². The van der Waals surface area contributed by atoms with Crippen LogP contribution in [0.4, 0.5) is 0 Å². The molecule has 5 rings (SSSR count). The van der Waals surface area contributed by atoms with Crippen LogP contribution in [0.2, 0.25) is 0 Å². The van der Waals surface area contributed by atoms with Crippen LogP contribution in [-0.4, -0.2) is 40.2 Å². The molecule has 2 aliphatic heterocycles. The number of ether oxygens (including phenoxy) is 1. The molecule has 3 heterocycles. The number of nitrogens with zero attached hydrogens (tertiary/aromatic N) is 3. The van der Waals surface area contributed by atoms with Crippen molar-refractivity contribution in [2.75, 3.05) is 19.7 Å². The van der Waals surface area contributed by atoms with E-state index in [1.807, 2.05) is 6.20 Å². The number of aryl methyl sites for hydroxylation is 1. The maximum atomic E-state index is 5.69. The Bertz CT molecular complexity index is 808. The van der Waals surface area contributed by atoms with E-state index < -0.39 is 0 Å². The van der Waals surface area contributed by atoms with Crippen LogP contribution in [0, 0.1) is 5.41 Å². The number of benzene rings is 1. The molecule has 2 aromatic rings. The third kappa shape index (κ3) is 3.27. The van der Waals surface area contributed by atoms with Gasteiger partial charge in [-0.2, -0.15) is 0 Å². The van der Waals surface area contributed by atoms with Crippen LogP contribution in [0.1, 0.15) is 43.1 Å². The van der Waals surface area contributed by atoms with Crippen molar-refractivity contribution in [2.24, 2.45) is 5.41 Å². The van der Waals surface area contributed by atoms with Gasteiger partial charge in [-0.3, -0.25) is 4.90 Å². The van der Waals surface area contributed by atoms with Gasteiger partial charge in [-0.25, -0.2) is 4.98 Å². The molecule has 5 nitrogen and oxygen atoms in total. The Morgan fingerprint density at radius 1 is 1.30 bits per heavy atom. The lowest BCUT2D eigenvalue weighted by Crippen LogP contribution is -2.36. The Labute approximate surface area is 161 Å². The highest BCUT2D eigenvalue weighted by Gasteiger charge is 2.56. The van der Waals surface area contributed by atoms with Crippen LogP contribution in [-0.2, 0) is 26.1 Å². The van der Waals surface area contributed by atoms with Gasteiger partial charge < -0.3 is 14.6 Å². The van der Waals surface area contributed by atoms with Crippen molar-refractivity contribution in [1.29, 1.82) is 0 Å². The molecule has 0 unspecified atom stereocenters. The summed E-state index contributed by atoms with van der Waals surface area (Å²) in [5.74, 6) is 2.27. The van der Waals surface area contributed by atoms with E-state index in [1.54, 1.807) is 0 Å². The predicted molar refractivity (Wildman–Crippen MR) is 106 cm³/mol. The molecule has 144 valence electrons. The molecule has 1 aliphatic carbocycles. The molecule has 1 spiro atoms. The lowest BCUT2D eigenvalue weighted by Gasteiger charge is -2.29. The summed E-state index contributed by atoms with van der Waals surface area (Å²) in [5.41, 5.74) is 3.31. The Morgan fingerprint density at radius 2 is 2.19 bits per heavy atom. The summed E-state index contributed by atoms with van der Waals surface area (Å²) in [7, 11) is 0. The highest BCUT2D eigenvalue weighted by Crippen LogP contribution is 2.56. The zero-order valence-corrected chi connectivity index (χ0v) is 16.3. The van der Waals surface area contributed by atoms with Gasteiger partial charge in [0.25, 0.3) is 0 Å². The molecule has 5 heteroatoms. The summed E-state index contributed by atoms with van der Waals surface area (Å²) in [6.45, 7) is 8.29. The average Bonchev–Trinajstić information content (AvgIpc) is 3.04. The van der Waals surface area contributed by atoms with E-state index in [4.69, 9.17) is 4.74 Å². The van der Waals surface area contributed by atoms with E-state index in [9.17, 15) is 0 Å². The van der Waals surface area contributed by atoms with E-state index in [1.165, 1.54) is 49.3 Å². The largest absolute Gasteiger partial charge is 0.493 e. The monoisotopic (exact) mass is 366 g/mol. The maximum absolute atomic E-state index is 5.69. The fourth-order valence-corrected chi connectivity index (χ4v) is 5.11. The SMILES string of the molecule is CCn1ccnc1CN(Cc1ccc2c(c1)CCO2)[C@@H]1CC12CCNCC2. The minimum absolute atomic E-state index is 0.536. The number of imidazole rings is 1. The molecule has 1 atom stereocenters. The van der Waals surface area contributed by atoms with Gasteiger partial charge in [0, 0.05) is 37.9 Å². The van der Waals surface area contributed by atoms with Gasteiger partial charge in [0.05, 0.1) is 13.2 Å². The number of piperidine rings is 1. The number of fused-ring (bicyclic) bond motifs is 1. The molecule has 1 saturated heterocycles. The average molecular weight is 367 g/mol. The molecular formula is C22H30N4O. The topological polar surface area (TPSA) is 42.3 Å². The quantitative estimate of drug-likeness (QED) is 0.853. The van der Waals surface area contributed by atoms with Gasteiger partial charge in [0.2, 0.25) is 0 Å². The first-order chi connectivity index (χ1) is 13.3. The van der Waals surface area contributed by atoms with Crippen molar-refractivity contribution in [3.05, 3.63) is 47.5 Å². The normalized spacial score (nSPS) is 22.8. The van der Waals surface area contributed by atoms with Gasteiger partial charge in [-0.1, -0.05) is 12.1 Å². The maximum Gasteiger partial charge on any atom is 0.122 e. The molecule has 0 radical (unpaired) electrons. The van der Waals surface area contributed by atoms with Crippen LogP contribution in [0.25, 0.3) is 0 Å². The van der Waals surface area contributed by atoms with Gasteiger partial charge in [-0.05, 0) is 61.9 Å². The van der Waals surface area contributed by atoms with Crippen molar-refractivity contribution in [3.8, 4) is 5.75 Å². The number of rotatable bonds is 6. The van der Waals surface area contributed by atoms with E-state index >= 15 is 0 Å². The minimum atomic E-state index is 0.536. The lowest BCUT2D eigenvalue weighted by molar-refractivity contribution is 0.182.